The number of carbonyl (C=O) groups excluding carboxylic acids is 1. The third-order valence-electron chi connectivity index (χ3n) is 5.67. The van der Waals surface area contributed by atoms with Crippen LogP contribution >= 0.6 is 11.8 Å². The molecule has 2 aromatic carbocycles. The topological polar surface area (TPSA) is 92.0 Å². The maximum Gasteiger partial charge on any atom is 0.231 e. The molecule has 1 amide bonds. The molecule has 0 aromatic heterocycles. The number of para-hydroxylation sites is 1. The third-order valence-corrected chi connectivity index (χ3v) is 6.89. The second kappa shape index (κ2) is 8.17. The fraction of sp³-hybridized carbons (Fsp3) is 0.304. The van der Waals surface area contributed by atoms with E-state index in [4.69, 9.17) is 14.2 Å². The van der Waals surface area contributed by atoms with Crippen LogP contribution in [0.1, 0.15) is 23.5 Å². The van der Waals surface area contributed by atoms with Crippen LogP contribution in [0.5, 0.6) is 17.2 Å². The number of rotatable bonds is 5. The van der Waals surface area contributed by atoms with Crippen LogP contribution < -0.4 is 14.2 Å². The van der Waals surface area contributed by atoms with Crippen molar-refractivity contribution in [2.75, 3.05) is 27.1 Å². The summed E-state index contributed by atoms with van der Waals surface area (Å²) >= 11 is 1.31. The molecule has 2 aliphatic heterocycles. The van der Waals surface area contributed by atoms with Crippen LogP contribution in [-0.4, -0.2) is 43.0 Å². The molecule has 0 radical (unpaired) electrons. The van der Waals surface area contributed by atoms with Gasteiger partial charge in [-0.3, -0.25) is 9.69 Å². The molecule has 2 atom stereocenters. The van der Waals surface area contributed by atoms with E-state index >= 15 is 0 Å². The number of thioether (sulfide) groups is 1. The number of hydrogen-bond acceptors (Lipinski definition) is 7. The predicted molar refractivity (Wildman–Crippen MR) is 116 cm³/mol. The van der Waals surface area contributed by atoms with E-state index in [1.54, 1.807) is 44.6 Å². The van der Waals surface area contributed by atoms with Gasteiger partial charge in [-0.15, -0.1) is 11.8 Å². The van der Waals surface area contributed by atoms with Gasteiger partial charge in [0, 0.05) is 23.5 Å². The van der Waals surface area contributed by atoms with Crippen molar-refractivity contribution in [1.29, 1.82) is 5.26 Å². The van der Waals surface area contributed by atoms with Gasteiger partial charge in [0.2, 0.25) is 5.91 Å². The van der Waals surface area contributed by atoms with Gasteiger partial charge in [-0.25, -0.2) is 0 Å². The van der Waals surface area contributed by atoms with Gasteiger partial charge in [0.25, 0.3) is 0 Å². The van der Waals surface area contributed by atoms with Gasteiger partial charge in [0.05, 0.1) is 43.8 Å². The summed E-state index contributed by atoms with van der Waals surface area (Å²) in [6, 6.07) is 14.6. The Balaban J connectivity index is 1.81. The van der Waals surface area contributed by atoms with E-state index < -0.39 is 11.6 Å². The van der Waals surface area contributed by atoms with E-state index in [0.29, 0.717) is 39.0 Å². The van der Waals surface area contributed by atoms with Gasteiger partial charge in [-0.05, 0) is 18.2 Å². The molecule has 1 N–H and O–H groups in total. The number of methoxy groups -OCH3 is 3. The van der Waals surface area contributed by atoms with Gasteiger partial charge < -0.3 is 19.3 Å². The number of benzene rings is 2. The Bertz CT molecular complexity index is 1090. The van der Waals surface area contributed by atoms with Crippen LogP contribution in [0.2, 0.25) is 0 Å². The highest BCUT2D eigenvalue weighted by molar-refractivity contribution is 8.03. The number of allylic oxidation sites excluding steroid dienone is 1. The van der Waals surface area contributed by atoms with Crippen LogP contribution in [0.4, 0.5) is 0 Å². The number of fused-ring (bicyclic) bond motifs is 1. The zero-order valence-corrected chi connectivity index (χ0v) is 18.2. The summed E-state index contributed by atoms with van der Waals surface area (Å²) in [7, 11) is 4.64. The van der Waals surface area contributed by atoms with Crippen LogP contribution in [0.25, 0.3) is 0 Å². The number of hydrogen-bond donors (Lipinski definition) is 1. The smallest absolute Gasteiger partial charge is 0.231 e. The first kappa shape index (κ1) is 21.1. The first-order valence-corrected chi connectivity index (χ1v) is 10.6. The summed E-state index contributed by atoms with van der Waals surface area (Å²) in [6.07, 6.45) is 0.0367. The van der Waals surface area contributed by atoms with Gasteiger partial charge >= 0.3 is 0 Å². The molecule has 31 heavy (non-hydrogen) atoms. The molecule has 1 fully saturated rings. The number of carbonyl (C=O) groups is 1. The lowest BCUT2D eigenvalue weighted by molar-refractivity contribution is -0.149. The lowest BCUT2D eigenvalue weighted by Gasteiger charge is -2.38. The molecule has 1 saturated heterocycles. The molecule has 0 saturated carbocycles. The van der Waals surface area contributed by atoms with E-state index in [0.717, 1.165) is 0 Å². The Morgan fingerprint density at radius 2 is 1.87 bits per heavy atom. The van der Waals surface area contributed by atoms with E-state index in [9.17, 15) is 15.2 Å². The van der Waals surface area contributed by atoms with Crippen molar-refractivity contribution in [3.63, 3.8) is 0 Å². The summed E-state index contributed by atoms with van der Waals surface area (Å²) in [4.78, 5) is 14.7. The SMILES string of the molecule is COc1ccc(C2(O)CSC3=C(C#N)C(c4cccc(OC)c4OC)CC(=O)N32)cc1. The molecule has 2 aliphatic rings. The Morgan fingerprint density at radius 1 is 1.13 bits per heavy atom. The first-order valence-electron chi connectivity index (χ1n) is 9.66. The molecule has 2 aromatic rings. The molecule has 2 heterocycles. The Morgan fingerprint density at radius 3 is 2.48 bits per heavy atom. The first-order chi connectivity index (χ1) is 15.0. The standard InChI is InChI=1S/C23H22N2O5S/c1-28-15-9-7-14(8-10-15)23(27)13-31-22-18(12-24)17(11-20(26)25(22)23)16-5-4-6-19(29-2)21(16)30-3/h4-10,17,27H,11,13H2,1-3H3. The fourth-order valence-electron chi connectivity index (χ4n) is 4.15. The molecular weight excluding hydrogens is 416 g/mol. The number of nitriles is 1. The Hall–Kier alpha value is -3.15. The molecule has 0 bridgehead atoms. The van der Waals surface area contributed by atoms with Crippen molar-refractivity contribution in [3.05, 3.63) is 64.2 Å². The monoisotopic (exact) mass is 438 g/mol. The zero-order valence-electron chi connectivity index (χ0n) is 17.4. The normalized spacial score (nSPS) is 22.7. The van der Waals surface area contributed by atoms with Crippen LogP contribution in [-0.2, 0) is 10.5 Å². The number of nitrogens with zero attached hydrogens (tertiary/aromatic N) is 2. The highest BCUT2D eigenvalue weighted by Crippen LogP contribution is 2.53. The largest absolute Gasteiger partial charge is 0.497 e. The molecule has 7 nitrogen and oxygen atoms in total. The minimum Gasteiger partial charge on any atom is -0.497 e. The van der Waals surface area contributed by atoms with E-state index in [2.05, 4.69) is 6.07 Å². The van der Waals surface area contributed by atoms with E-state index in [1.165, 1.54) is 23.8 Å². The lowest BCUT2D eigenvalue weighted by Crippen LogP contribution is -2.48. The molecule has 2 unspecified atom stereocenters. The van der Waals surface area contributed by atoms with Crippen molar-refractivity contribution in [2.45, 2.75) is 18.1 Å². The fourth-order valence-corrected chi connectivity index (χ4v) is 5.51. The summed E-state index contributed by atoms with van der Waals surface area (Å²) in [5.41, 5.74) is 0.174. The number of aliphatic hydroxyl groups is 1. The van der Waals surface area contributed by atoms with Gasteiger partial charge in [-0.1, -0.05) is 24.3 Å². The molecular formula is C23H22N2O5S. The van der Waals surface area contributed by atoms with Crippen molar-refractivity contribution in [3.8, 4) is 23.3 Å². The second-order valence-electron chi connectivity index (χ2n) is 7.23. The summed E-state index contributed by atoms with van der Waals surface area (Å²) < 4.78 is 16.1. The average molecular weight is 439 g/mol. The van der Waals surface area contributed by atoms with E-state index in [-0.39, 0.29) is 18.1 Å². The van der Waals surface area contributed by atoms with Crippen molar-refractivity contribution in [2.24, 2.45) is 0 Å². The van der Waals surface area contributed by atoms with Crippen molar-refractivity contribution >= 4 is 17.7 Å². The van der Waals surface area contributed by atoms with E-state index in [1.807, 2.05) is 12.1 Å². The molecule has 8 heteroatoms. The third kappa shape index (κ3) is 3.30. The minimum absolute atomic E-state index is 0.0367. The average Bonchev–Trinajstić information content (AvgIpc) is 3.17. The molecule has 0 aliphatic carbocycles. The quantitative estimate of drug-likeness (QED) is 0.765. The molecule has 4 rings (SSSR count). The van der Waals surface area contributed by atoms with Crippen LogP contribution in [0, 0.1) is 11.3 Å². The number of ether oxygens (including phenoxy) is 3. The lowest BCUT2D eigenvalue weighted by atomic mass is 9.84. The van der Waals surface area contributed by atoms with Gasteiger partial charge in [0.1, 0.15) is 5.75 Å². The summed E-state index contributed by atoms with van der Waals surface area (Å²) in [5.74, 6) is 1.17. The summed E-state index contributed by atoms with van der Waals surface area (Å²) in [5, 5.41) is 22.0. The molecule has 0 spiro atoms. The maximum absolute atomic E-state index is 13.3. The van der Waals surface area contributed by atoms with Gasteiger partial charge in [0.15, 0.2) is 17.2 Å². The van der Waals surface area contributed by atoms with Crippen LogP contribution in [0.15, 0.2) is 53.1 Å². The second-order valence-corrected chi connectivity index (χ2v) is 8.20. The van der Waals surface area contributed by atoms with Crippen molar-refractivity contribution < 1.29 is 24.1 Å². The molecule has 160 valence electrons. The van der Waals surface area contributed by atoms with Crippen LogP contribution in [0.3, 0.4) is 0 Å². The van der Waals surface area contributed by atoms with Gasteiger partial charge in [-0.2, -0.15) is 5.26 Å². The zero-order chi connectivity index (χ0) is 22.2. The summed E-state index contributed by atoms with van der Waals surface area (Å²) in [6.45, 7) is 0. The maximum atomic E-state index is 13.3. The van der Waals surface area contributed by atoms with Crippen molar-refractivity contribution in [1.82, 2.24) is 4.90 Å². The highest BCUT2D eigenvalue weighted by Gasteiger charge is 2.52. The Kier molecular flexibility index (Phi) is 5.56. The highest BCUT2D eigenvalue weighted by atomic mass is 32.2. The predicted octanol–water partition coefficient (Wildman–Crippen LogP) is 3.36. The number of amides is 1. The Labute approximate surface area is 184 Å². The minimum atomic E-state index is -1.53.